The summed E-state index contributed by atoms with van der Waals surface area (Å²) in [5.41, 5.74) is 3.18. The van der Waals surface area contributed by atoms with Crippen molar-refractivity contribution in [2.75, 3.05) is 26.2 Å². The summed E-state index contributed by atoms with van der Waals surface area (Å²) in [7, 11) is -3.69. The maximum Gasteiger partial charge on any atom is 0.253 e. The summed E-state index contributed by atoms with van der Waals surface area (Å²) in [5, 5.41) is 0.805. The van der Waals surface area contributed by atoms with Gasteiger partial charge in [0, 0.05) is 43.3 Å². The number of carbonyl (C=O) groups excluding carboxylic acids is 1. The topological polar surface area (TPSA) is 70.6 Å². The van der Waals surface area contributed by atoms with E-state index in [-0.39, 0.29) is 23.9 Å². The van der Waals surface area contributed by atoms with Crippen LogP contribution in [0.25, 0.3) is 10.9 Å². The van der Waals surface area contributed by atoms with E-state index in [0.29, 0.717) is 24.2 Å². The number of pyridine rings is 1. The van der Waals surface area contributed by atoms with Crippen LogP contribution < -0.4 is 0 Å². The van der Waals surface area contributed by atoms with Gasteiger partial charge in [-0.3, -0.25) is 9.78 Å². The zero-order valence-electron chi connectivity index (χ0n) is 16.5. The Hall–Kier alpha value is -2.77. The number of carbonyl (C=O) groups is 1. The number of benzene rings is 2. The summed E-state index contributed by atoms with van der Waals surface area (Å²) in [6.07, 6.45) is 1.68. The lowest BCUT2D eigenvalue weighted by atomic mass is 10.1. The van der Waals surface area contributed by atoms with Crippen LogP contribution in [0.2, 0.25) is 0 Å². The number of hydrogen-bond donors (Lipinski definition) is 0. The average molecular weight is 410 g/mol. The Labute approximate surface area is 170 Å². The average Bonchev–Trinajstić information content (AvgIpc) is 2.73. The summed E-state index contributed by atoms with van der Waals surface area (Å²) in [6, 6.07) is 14.6. The summed E-state index contributed by atoms with van der Waals surface area (Å²) in [6.45, 7) is 5.16. The van der Waals surface area contributed by atoms with Gasteiger partial charge in [-0.05, 0) is 43.7 Å². The first-order valence-electron chi connectivity index (χ1n) is 9.58. The van der Waals surface area contributed by atoms with Crippen molar-refractivity contribution in [2.24, 2.45) is 0 Å². The lowest BCUT2D eigenvalue weighted by Gasteiger charge is -2.34. The molecule has 0 N–H and O–H groups in total. The molecule has 29 heavy (non-hydrogen) atoms. The maximum absolute atomic E-state index is 13.3. The van der Waals surface area contributed by atoms with Crippen molar-refractivity contribution in [3.8, 4) is 0 Å². The van der Waals surface area contributed by atoms with Crippen molar-refractivity contribution in [1.29, 1.82) is 0 Å². The second-order valence-corrected chi connectivity index (χ2v) is 9.31. The molecule has 1 saturated heterocycles. The number of amides is 1. The fraction of sp³-hybridized carbons (Fsp3) is 0.273. The molecule has 7 heteroatoms. The minimum absolute atomic E-state index is 0.0654. The molecule has 0 radical (unpaired) electrons. The number of hydrogen-bond acceptors (Lipinski definition) is 4. The molecule has 2 heterocycles. The summed E-state index contributed by atoms with van der Waals surface area (Å²) in [4.78, 5) is 19.0. The lowest BCUT2D eigenvalue weighted by Crippen LogP contribution is -2.50. The van der Waals surface area contributed by atoms with E-state index in [2.05, 4.69) is 4.98 Å². The van der Waals surface area contributed by atoms with Crippen LogP contribution in [0, 0.1) is 13.8 Å². The molecule has 1 aliphatic heterocycles. The quantitative estimate of drug-likeness (QED) is 0.667. The highest BCUT2D eigenvalue weighted by Crippen LogP contribution is 2.25. The second kappa shape index (κ2) is 7.57. The summed E-state index contributed by atoms with van der Waals surface area (Å²) < 4.78 is 28.0. The smallest absolute Gasteiger partial charge is 0.253 e. The maximum atomic E-state index is 13.3. The standard InChI is InChI=1S/C22H23N3O3S/c1-16-6-8-18(9-7-16)22(26)24-10-12-25(13-11-24)29(27,28)20-5-3-4-19-14-17(2)15-23-21(19)20/h3-9,14-15H,10-13H2,1-2H3. The van der Waals surface area contributed by atoms with Gasteiger partial charge >= 0.3 is 0 Å². The molecule has 1 fully saturated rings. The van der Waals surface area contributed by atoms with Crippen LogP contribution in [-0.2, 0) is 10.0 Å². The number of aromatic nitrogens is 1. The largest absolute Gasteiger partial charge is 0.336 e. The van der Waals surface area contributed by atoms with E-state index < -0.39 is 10.0 Å². The van der Waals surface area contributed by atoms with Crippen molar-refractivity contribution in [3.63, 3.8) is 0 Å². The lowest BCUT2D eigenvalue weighted by molar-refractivity contribution is 0.0698. The summed E-state index contributed by atoms with van der Waals surface area (Å²) >= 11 is 0. The van der Waals surface area contributed by atoms with Gasteiger partial charge in [-0.25, -0.2) is 8.42 Å². The molecule has 3 aromatic rings. The third-order valence-electron chi connectivity index (χ3n) is 5.25. The van der Waals surface area contributed by atoms with Crippen LogP contribution >= 0.6 is 0 Å². The van der Waals surface area contributed by atoms with Gasteiger partial charge in [-0.2, -0.15) is 4.31 Å². The van der Waals surface area contributed by atoms with Crippen LogP contribution in [-0.4, -0.2) is 54.7 Å². The number of para-hydroxylation sites is 1. The Bertz CT molecular complexity index is 1170. The van der Waals surface area contributed by atoms with E-state index in [4.69, 9.17) is 0 Å². The fourth-order valence-electron chi connectivity index (χ4n) is 3.60. The zero-order valence-corrected chi connectivity index (χ0v) is 17.3. The molecule has 1 aliphatic rings. The van der Waals surface area contributed by atoms with Gasteiger partial charge in [0.25, 0.3) is 5.91 Å². The van der Waals surface area contributed by atoms with E-state index in [1.807, 2.05) is 50.2 Å². The monoisotopic (exact) mass is 409 g/mol. The number of aryl methyl sites for hydroxylation is 2. The SMILES string of the molecule is Cc1ccc(C(=O)N2CCN(S(=O)(=O)c3cccc4cc(C)cnc34)CC2)cc1. The molecule has 0 atom stereocenters. The first-order chi connectivity index (χ1) is 13.9. The number of sulfonamides is 1. The predicted molar refractivity (Wildman–Crippen MR) is 112 cm³/mol. The Morgan fingerprint density at radius 3 is 2.31 bits per heavy atom. The number of piperazine rings is 1. The molecule has 4 rings (SSSR count). The van der Waals surface area contributed by atoms with Gasteiger partial charge in [-0.15, -0.1) is 0 Å². The number of nitrogens with zero attached hydrogens (tertiary/aromatic N) is 3. The zero-order chi connectivity index (χ0) is 20.6. The van der Waals surface area contributed by atoms with Gasteiger partial charge in [0.05, 0.1) is 5.52 Å². The normalized spacial score (nSPS) is 15.6. The van der Waals surface area contributed by atoms with Crippen molar-refractivity contribution < 1.29 is 13.2 Å². The highest BCUT2D eigenvalue weighted by molar-refractivity contribution is 7.89. The van der Waals surface area contributed by atoms with Crippen molar-refractivity contribution in [3.05, 3.63) is 71.4 Å². The Morgan fingerprint density at radius 2 is 1.62 bits per heavy atom. The molecule has 0 bridgehead atoms. The molecule has 0 spiro atoms. The van der Waals surface area contributed by atoms with Crippen molar-refractivity contribution >= 4 is 26.8 Å². The van der Waals surface area contributed by atoms with Crippen LogP contribution in [0.15, 0.2) is 59.6 Å². The van der Waals surface area contributed by atoms with E-state index in [1.165, 1.54) is 4.31 Å². The highest BCUT2D eigenvalue weighted by atomic mass is 32.2. The van der Waals surface area contributed by atoms with Crippen LogP contribution in [0.1, 0.15) is 21.5 Å². The molecule has 150 valence electrons. The molecular formula is C22H23N3O3S. The predicted octanol–water partition coefficient (Wildman–Crippen LogP) is 3.00. The van der Waals surface area contributed by atoms with Crippen LogP contribution in [0.5, 0.6) is 0 Å². The molecule has 0 saturated carbocycles. The third kappa shape index (κ3) is 3.75. The number of fused-ring (bicyclic) bond motifs is 1. The van der Waals surface area contributed by atoms with E-state index >= 15 is 0 Å². The van der Waals surface area contributed by atoms with Crippen LogP contribution in [0.4, 0.5) is 0 Å². The molecule has 6 nitrogen and oxygen atoms in total. The van der Waals surface area contributed by atoms with Gasteiger partial charge < -0.3 is 4.90 Å². The van der Waals surface area contributed by atoms with Gasteiger partial charge in [0.15, 0.2) is 0 Å². The molecule has 0 unspecified atom stereocenters. The van der Waals surface area contributed by atoms with E-state index in [0.717, 1.165) is 16.5 Å². The molecule has 0 aliphatic carbocycles. The van der Waals surface area contributed by atoms with Crippen LogP contribution in [0.3, 0.4) is 0 Å². The Morgan fingerprint density at radius 1 is 0.931 bits per heavy atom. The van der Waals surface area contributed by atoms with Crippen molar-refractivity contribution in [1.82, 2.24) is 14.2 Å². The van der Waals surface area contributed by atoms with Gasteiger partial charge in [-0.1, -0.05) is 29.8 Å². The first-order valence-corrected chi connectivity index (χ1v) is 11.0. The second-order valence-electron chi connectivity index (χ2n) is 7.40. The molecular weight excluding hydrogens is 386 g/mol. The van der Waals surface area contributed by atoms with Gasteiger partial charge in [0.1, 0.15) is 4.90 Å². The first kappa shape index (κ1) is 19.5. The fourth-order valence-corrected chi connectivity index (χ4v) is 5.19. The highest BCUT2D eigenvalue weighted by Gasteiger charge is 2.31. The third-order valence-corrected chi connectivity index (χ3v) is 7.18. The van der Waals surface area contributed by atoms with Crippen molar-refractivity contribution in [2.45, 2.75) is 18.7 Å². The van der Waals surface area contributed by atoms with E-state index in [9.17, 15) is 13.2 Å². The Balaban J connectivity index is 1.54. The molecule has 1 amide bonds. The van der Waals surface area contributed by atoms with Gasteiger partial charge in [0.2, 0.25) is 10.0 Å². The number of rotatable bonds is 3. The Kier molecular flexibility index (Phi) is 5.10. The minimum atomic E-state index is -3.69. The summed E-state index contributed by atoms with van der Waals surface area (Å²) in [5.74, 6) is -0.0654. The van der Waals surface area contributed by atoms with E-state index in [1.54, 1.807) is 23.2 Å². The minimum Gasteiger partial charge on any atom is -0.336 e. The molecule has 2 aromatic carbocycles. The molecule has 1 aromatic heterocycles.